The van der Waals surface area contributed by atoms with Crippen molar-refractivity contribution in [3.05, 3.63) is 52.5 Å². The zero-order chi connectivity index (χ0) is 13.1. The number of nitrogens with zero attached hydrogens (tertiary/aromatic N) is 1. The Morgan fingerprint density at radius 3 is 2.72 bits per heavy atom. The lowest BCUT2D eigenvalue weighted by atomic mass is 10.2. The molecular formula is C14H10ClNO2. The molecule has 18 heavy (non-hydrogen) atoms. The molecule has 0 atom stereocenters. The van der Waals surface area contributed by atoms with Crippen LogP contribution in [0.5, 0.6) is 17.2 Å². The summed E-state index contributed by atoms with van der Waals surface area (Å²) in [5.74, 6) is 1.01. The van der Waals surface area contributed by atoms with Crippen molar-refractivity contribution in [3.63, 3.8) is 0 Å². The van der Waals surface area contributed by atoms with Crippen molar-refractivity contribution in [2.24, 2.45) is 0 Å². The molecule has 1 N–H and O–H groups in total. The Morgan fingerprint density at radius 1 is 1.22 bits per heavy atom. The first-order chi connectivity index (χ1) is 8.61. The fraction of sp³-hybridized carbons (Fsp3) is 0.0714. The average molecular weight is 260 g/mol. The molecule has 0 spiro atoms. The van der Waals surface area contributed by atoms with E-state index in [-0.39, 0.29) is 5.75 Å². The minimum absolute atomic E-state index is 0.146. The normalized spacial score (nSPS) is 9.83. The van der Waals surface area contributed by atoms with Crippen LogP contribution in [0.4, 0.5) is 0 Å². The second-order valence-corrected chi connectivity index (χ2v) is 4.19. The molecule has 90 valence electrons. The molecule has 0 amide bonds. The summed E-state index contributed by atoms with van der Waals surface area (Å²) in [7, 11) is 0. The molecule has 0 saturated heterocycles. The molecule has 0 radical (unpaired) electrons. The van der Waals surface area contributed by atoms with Crippen LogP contribution in [0, 0.1) is 18.3 Å². The summed E-state index contributed by atoms with van der Waals surface area (Å²) < 4.78 is 5.63. The minimum Gasteiger partial charge on any atom is -0.508 e. The van der Waals surface area contributed by atoms with Crippen molar-refractivity contribution in [2.75, 3.05) is 0 Å². The van der Waals surface area contributed by atoms with Crippen molar-refractivity contribution in [1.82, 2.24) is 0 Å². The Hall–Kier alpha value is -2.18. The van der Waals surface area contributed by atoms with Gasteiger partial charge in [0.15, 0.2) is 0 Å². The van der Waals surface area contributed by atoms with E-state index in [4.69, 9.17) is 21.6 Å². The van der Waals surface area contributed by atoms with Crippen LogP contribution in [0.3, 0.4) is 0 Å². The first-order valence-electron chi connectivity index (χ1n) is 5.28. The Balaban J connectivity index is 2.43. The molecule has 0 aliphatic rings. The third kappa shape index (κ3) is 2.39. The summed E-state index contributed by atoms with van der Waals surface area (Å²) in [4.78, 5) is 0. The molecule has 2 rings (SSSR count). The molecule has 0 heterocycles. The van der Waals surface area contributed by atoms with Gasteiger partial charge >= 0.3 is 0 Å². The van der Waals surface area contributed by atoms with Gasteiger partial charge in [-0.3, -0.25) is 0 Å². The van der Waals surface area contributed by atoms with E-state index >= 15 is 0 Å². The van der Waals surface area contributed by atoms with Crippen LogP contribution in [-0.2, 0) is 0 Å². The van der Waals surface area contributed by atoms with Gasteiger partial charge in [-0.05, 0) is 31.2 Å². The predicted molar refractivity (Wildman–Crippen MR) is 69.1 cm³/mol. The van der Waals surface area contributed by atoms with Crippen LogP contribution in [0.2, 0.25) is 5.02 Å². The summed E-state index contributed by atoms with van der Waals surface area (Å²) in [6, 6.07) is 11.8. The highest BCUT2D eigenvalue weighted by Gasteiger charge is 2.09. The molecule has 4 heteroatoms. The van der Waals surface area contributed by atoms with E-state index in [0.717, 1.165) is 0 Å². The fourth-order valence-corrected chi connectivity index (χ4v) is 1.67. The number of phenolic OH excluding ortho intramolecular Hbond substituents is 1. The molecular weight excluding hydrogens is 250 g/mol. The lowest BCUT2D eigenvalue weighted by molar-refractivity contribution is 0.447. The molecule has 0 aromatic heterocycles. The van der Waals surface area contributed by atoms with Crippen LogP contribution in [0.15, 0.2) is 36.4 Å². The quantitative estimate of drug-likeness (QED) is 0.886. The Bertz CT molecular complexity index is 632. The van der Waals surface area contributed by atoms with Crippen LogP contribution < -0.4 is 4.74 Å². The zero-order valence-corrected chi connectivity index (χ0v) is 10.4. The van der Waals surface area contributed by atoms with Crippen LogP contribution in [0.1, 0.15) is 11.1 Å². The summed E-state index contributed by atoms with van der Waals surface area (Å²) >= 11 is 5.87. The summed E-state index contributed by atoms with van der Waals surface area (Å²) in [5, 5.41) is 19.1. The van der Waals surface area contributed by atoms with Crippen molar-refractivity contribution >= 4 is 11.6 Å². The highest BCUT2D eigenvalue weighted by Crippen LogP contribution is 2.33. The van der Waals surface area contributed by atoms with Gasteiger partial charge in [0.1, 0.15) is 23.3 Å². The highest BCUT2D eigenvalue weighted by atomic mass is 35.5. The van der Waals surface area contributed by atoms with Gasteiger partial charge in [0.25, 0.3) is 0 Å². The lowest BCUT2D eigenvalue weighted by Crippen LogP contribution is -1.90. The van der Waals surface area contributed by atoms with Crippen LogP contribution >= 0.6 is 11.6 Å². The molecule has 2 aromatic rings. The van der Waals surface area contributed by atoms with Gasteiger partial charge in [-0.25, -0.2) is 0 Å². The van der Waals surface area contributed by atoms with E-state index in [0.29, 0.717) is 27.6 Å². The summed E-state index contributed by atoms with van der Waals surface area (Å²) in [6.45, 7) is 1.74. The van der Waals surface area contributed by atoms with Crippen molar-refractivity contribution in [3.8, 4) is 23.3 Å². The molecule has 0 bridgehead atoms. The number of halogens is 1. The van der Waals surface area contributed by atoms with Crippen molar-refractivity contribution < 1.29 is 9.84 Å². The Labute approximate surface area is 110 Å². The van der Waals surface area contributed by atoms with Crippen molar-refractivity contribution in [2.45, 2.75) is 6.92 Å². The van der Waals surface area contributed by atoms with Gasteiger partial charge in [0, 0.05) is 16.7 Å². The molecule has 0 aliphatic heterocycles. The third-order valence-electron chi connectivity index (χ3n) is 2.54. The van der Waals surface area contributed by atoms with Gasteiger partial charge in [-0.1, -0.05) is 17.7 Å². The van der Waals surface area contributed by atoms with Gasteiger partial charge in [0.05, 0.1) is 5.56 Å². The maximum atomic E-state index is 9.59. The molecule has 0 aliphatic carbocycles. The van der Waals surface area contributed by atoms with Crippen molar-refractivity contribution in [1.29, 1.82) is 5.26 Å². The number of hydrogen-bond acceptors (Lipinski definition) is 3. The number of aromatic hydroxyl groups is 1. The standard InChI is InChI=1S/C14H10ClNO2/c1-9-12(17)3-2-4-13(9)18-14-7-11(15)6-5-10(14)8-16/h2-7,17H,1H3. The molecule has 0 unspecified atom stereocenters. The summed E-state index contributed by atoms with van der Waals surface area (Å²) in [6.07, 6.45) is 0. The topological polar surface area (TPSA) is 53.2 Å². The molecule has 3 nitrogen and oxygen atoms in total. The number of ether oxygens (including phenoxy) is 1. The smallest absolute Gasteiger partial charge is 0.146 e. The van der Waals surface area contributed by atoms with E-state index in [1.54, 1.807) is 43.3 Å². The minimum atomic E-state index is 0.146. The maximum Gasteiger partial charge on any atom is 0.146 e. The Kier molecular flexibility index (Phi) is 3.40. The van der Waals surface area contributed by atoms with Gasteiger partial charge in [-0.15, -0.1) is 0 Å². The lowest BCUT2D eigenvalue weighted by Gasteiger charge is -2.11. The predicted octanol–water partition coefficient (Wildman–Crippen LogP) is 4.02. The third-order valence-corrected chi connectivity index (χ3v) is 2.77. The SMILES string of the molecule is Cc1c(O)cccc1Oc1cc(Cl)ccc1C#N. The van der Waals surface area contributed by atoms with Crippen LogP contribution in [-0.4, -0.2) is 5.11 Å². The second-order valence-electron chi connectivity index (χ2n) is 3.75. The first kappa shape index (κ1) is 12.3. The maximum absolute atomic E-state index is 9.59. The van der Waals surface area contributed by atoms with Gasteiger partial charge in [0.2, 0.25) is 0 Å². The van der Waals surface area contributed by atoms with E-state index in [1.165, 1.54) is 0 Å². The number of hydrogen-bond donors (Lipinski definition) is 1. The summed E-state index contributed by atoms with van der Waals surface area (Å²) in [5.41, 5.74) is 1.00. The Morgan fingerprint density at radius 2 is 2.00 bits per heavy atom. The molecule has 0 saturated carbocycles. The highest BCUT2D eigenvalue weighted by molar-refractivity contribution is 6.30. The number of phenols is 1. The zero-order valence-electron chi connectivity index (χ0n) is 9.64. The van der Waals surface area contributed by atoms with E-state index in [9.17, 15) is 5.11 Å². The number of benzene rings is 2. The fourth-order valence-electron chi connectivity index (χ4n) is 1.50. The monoisotopic (exact) mass is 259 g/mol. The number of nitriles is 1. The van der Waals surface area contributed by atoms with Gasteiger partial charge in [-0.2, -0.15) is 5.26 Å². The average Bonchev–Trinajstić information content (AvgIpc) is 2.35. The number of rotatable bonds is 2. The van der Waals surface area contributed by atoms with E-state index in [1.807, 2.05) is 6.07 Å². The first-order valence-corrected chi connectivity index (χ1v) is 5.65. The van der Waals surface area contributed by atoms with Crippen LogP contribution in [0.25, 0.3) is 0 Å². The largest absolute Gasteiger partial charge is 0.508 e. The van der Waals surface area contributed by atoms with E-state index in [2.05, 4.69) is 0 Å². The second kappa shape index (κ2) is 4.99. The van der Waals surface area contributed by atoms with E-state index < -0.39 is 0 Å². The molecule has 0 fully saturated rings. The molecule has 2 aromatic carbocycles. The van der Waals surface area contributed by atoms with Gasteiger partial charge < -0.3 is 9.84 Å².